The Hall–Kier alpha value is -0.900. The van der Waals surface area contributed by atoms with Crippen molar-refractivity contribution in [2.75, 3.05) is 0 Å². The predicted octanol–water partition coefficient (Wildman–Crippen LogP) is 1.48. The lowest BCUT2D eigenvalue weighted by atomic mass is 10.0. The molecule has 1 aromatic heterocycles. The molecule has 0 spiro atoms. The molecule has 1 N–H and O–H groups in total. The van der Waals surface area contributed by atoms with Gasteiger partial charge < -0.3 is 5.32 Å². The molecule has 0 aromatic carbocycles. The molecule has 1 aliphatic carbocycles. The van der Waals surface area contributed by atoms with Gasteiger partial charge in [-0.1, -0.05) is 19.8 Å². The summed E-state index contributed by atoms with van der Waals surface area (Å²) >= 11 is 0. The summed E-state index contributed by atoms with van der Waals surface area (Å²) in [4.78, 5) is 4.22. The number of rotatable bonds is 4. The highest BCUT2D eigenvalue weighted by Gasteiger charge is 2.25. The van der Waals surface area contributed by atoms with Crippen LogP contribution in [0, 0.1) is 5.92 Å². The fourth-order valence-electron chi connectivity index (χ4n) is 2.50. The summed E-state index contributed by atoms with van der Waals surface area (Å²) in [5.41, 5.74) is 0. The van der Waals surface area contributed by atoms with E-state index in [1.165, 1.54) is 25.7 Å². The quantitative estimate of drug-likeness (QED) is 0.815. The molecule has 4 nitrogen and oxygen atoms in total. The second-order valence-electron chi connectivity index (χ2n) is 4.39. The van der Waals surface area contributed by atoms with Crippen LogP contribution in [-0.2, 0) is 13.6 Å². The van der Waals surface area contributed by atoms with Crippen LogP contribution in [0.25, 0.3) is 0 Å². The number of hydrogen-bond donors (Lipinski definition) is 1. The molecule has 1 aliphatic rings. The van der Waals surface area contributed by atoms with Crippen molar-refractivity contribution < 1.29 is 0 Å². The van der Waals surface area contributed by atoms with E-state index in [9.17, 15) is 0 Å². The Morgan fingerprint density at radius 3 is 3.07 bits per heavy atom. The molecule has 0 aliphatic heterocycles. The fraction of sp³-hybridized carbons (Fsp3) is 0.818. The summed E-state index contributed by atoms with van der Waals surface area (Å²) in [7, 11) is 1.94. The van der Waals surface area contributed by atoms with E-state index in [0.717, 1.165) is 18.3 Å². The second kappa shape index (κ2) is 4.75. The van der Waals surface area contributed by atoms with Gasteiger partial charge in [0.1, 0.15) is 12.2 Å². The van der Waals surface area contributed by atoms with Crippen LogP contribution in [0.5, 0.6) is 0 Å². The third-order valence-corrected chi connectivity index (χ3v) is 3.51. The van der Waals surface area contributed by atoms with Crippen molar-refractivity contribution >= 4 is 0 Å². The lowest BCUT2D eigenvalue weighted by molar-refractivity contribution is 0.383. The van der Waals surface area contributed by atoms with Gasteiger partial charge in [0.05, 0.1) is 6.54 Å². The lowest BCUT2D eigenvalue weighted by Gasteiger charge is -2.19. The van der Waals surface area contributed by atoms with Crippen molar-refractivity contribution in [3.63, 3.8) is 0 Å². The van der Waals surface area contributed by atoms with Crippen LogP contribution in [0.4, 0.5) is 0 Å². The second-order valence-corrected chi connectivity index (χ2v) is 4.39. The van der Waals surface area contributed by atoms with Crippen LogP contribution in [0.1, 0.15) is 38.4 Å². The van der Waals surface area contributed by atoms with Crippen molar-refractivity contribution in [2.45, 2.75) is 45.2 Å². The van der Waals surface area contributed by atoms with Crippen molar-refractivity contribution in [1.29, 1.82) is 0 Å². The van der Waals surface area contributed by atoms with E-state index in [0.29, 0.717) is 6.04 Å². The van der Waals surface area contributed by atoms with Crippen LogP contribution in [0.3, 0.4) is 0 Å². The van der Waals surface area contributed by atoms with Crippen molar-refractivity contribution in [2.24, 2.45) is 13.0 Å². The number of nitrogens with zero attached hydrogens (tertiary/aromatic N) is 3. The van der Waals surface area contributed by atoms with Gasteiger partial charge in [0.15, 0.2) is 0 Å². The van der Waals surface area contributed by atoms with E-state index < -0.39 is 0 Å². The first-order valence-corrected chi connectivity index (χ1v) is 5.87. The Labute approximate surface area is 91.1 Å². The SMILES string of the molecule is CCC1CCCC1NCc1ncnn1C. The summed E-state index contributed by atoms with van der Waals surface area (Å²) in [6, 6.07) is 0.687. The number of aryl methyl sites for hydroxylation is 1. The normalized spacial score (nSPS) is 26.0. The van der Waals surface area contributed by atoms with Crippen molar-refractivity contribution in [3.8, 4) is 0 Å². The molecule has 1 aromatic rings. The summed E-state index contributed by atoms with van der Waals surface area (Å²) < 4.78 is 1.84. The average Bonchev–Trinajstić information content (AvgIpc) is 2.83. The maximum absolute atomic E-state index is 4.22. The van der Waals surface area contributed by atoms with Crippen LogP contribution in [-0.4, -0.2) is 20.8 Å². The Kier molecular flexibility index (Phi) is 3.36. The Balaban J connectivity index is 1.85. The maximum atomic E-state index is 4.22. The van der Waals surface area contributed by atoms with Gasteiger partial charge >= 0.3 is 0 Å². The van der Waals surface area contributed by atoms with Crippen LogP contribution < -0.4 is 5.32 Å². The van der Waals surface area contributed by atoms with Gasteiger partial charge in [0.2, 0.25) is 0 Å². The molecule has 0 radical (unpaired) electrons. The molecule has 1 fully saturated rings. The largest absolute Gasteiger partial charge is 0.307 e. The molecule has 0 bridgehead atoms. The molecule has 1 heterocycles. The summed E-state index contributed by atoms with van der Waals surface area (Å²) in [5.74, 6) is 1.88. The maximum Gasteiger partial charge on any atom is 0.140 e. The third-order valence-electron chi connectivity index (χ3n) is 3.51. The van der Waals surface area contributed by atoms with E-state index in [4.69, 9.17) is 0 Å². The van der Waals surface area contributed by atoms with Gasteiger partial charge in [-0.2, -0.15) is 5.10 Å². The van der Waals surface area contributed by atoms with Gasteiger partial charge in [-0.15, -0.1) is 0 Å². The zero-order valence-corrected chi connectivity index (χ0v) is 9.61. The standard InChI is InChI=1S/C11H20N4/c1-3-9-5-4-6-10(9)12-7-11-13-8-14-15(11)2/h8-10,12H,3-7H2,1-2H3. The predicted molar refractivity (Wildman–Crippen MR) is 59.3 cm³/mol. The Morgan fingerprint density at radius 1 is 1.53 bits per heavy atom. The van der Waals surface area contributed by atoms with E-state index in [1.807, 2.05) is 11.7 Å². The van der Waals surface area contributed by atoms with E-state index in [2.05, 4.69) is 22.3 Å². The van der Waals surface area contributed by atoms with E-state index in [1.54, 1.807) is 6.33 Å². The highest BCUT2D eigenvalue weighted by atomic mass is 15.3. The third kappa shape index (κ3) is 2.37. The molecular weight excluding hydrogens is 188 g/mol. The zero-order chi connectivity index (χ0) is 10.7. The molecule has 15 heavy (non-hydrogen) atoms. The molecule has 2 atom stereocenters. The topological polar surface area (TPSA) is 42.7 Å². The first-order valence-electron chi connectivity index (χ1n) is 5.87. The number of nitrogens with one attached hydrogen (secondary N) is 1. The summed E-state index contributed by atoms with van der Waals surface area (Å²) in [5, 5.41) is 7.67. The minimum Gasteiger partial charge on any atom is -0.307 e. The van der Waals surface area contributed by atoms with Gasteiger partial charge in [-0.25, -0.2) is 4.98 Å². The van der Waals surface area contributed by atoms with Crippen molar-refractivity contribution in [1.82, 2.24) is 20.1 Å². The highest BCUT2D eigenvalue weighted by Crippen LogP contribution is 2.28. The summed E-state index contributed by atoms with van der Waals surface area (Å²) in [6.07, 6.45) is 6.97. The summed E-state index contributed by atoms with van der Waals surface area (Å²) in [6.45, 7) is 3.13. The minimum atomic E-state index is 0.687. The number of aromatic nitrogens is 3. The minimum absolute atomic E-state index is 0.687. The van der Waals surface area contributed by atoms with Gasteiger partial charge in [-0.05, 0) is 18.8 Å². The van der Waals surface area contributed by atoms with E-state index >= 15 is 0 Å². The molecule has 0 amide bonds. The van der Waals surface area contributed by atoms with Gasteiger partial charge in [0, 0.05) is 13.1 Å². The molecule has 2 rings (SSSR count). The number of hydrogen-bond acceptors (Lipinski definition) is 3. The first-order chi connectivity index (χ1) is 7.31. The van der Waals surface area contributed by atoms with Crippen LogP contribution in [0.15, 0.2) is 6.33 Å². The van der Waals surface area contributed by atoms with E-state index in [-0.39, 0.29) is 0 Å². The fourth-order valence-corrected chi connectivity index (χ4v) is 2.50. The highest BCUT2D eigenvalue weighted by molar-refractivity contribution is 4.87. The monoisotopic (exact) mass is 208 g/mol. The first kappa shape index (κ1) is 10.6. The van der Waals surface area contributed by atoms with Crippen LogP contribution in [0.2, 0.25) is 0 Å². The molecule has 2 unspecified atom stereocenters. The van der Waals surface area contributed by atoms with Gasteiger partial charge in [0.25, 0.3) is 0 Å². The smallest absolute Gasteiger partial charge is 0.140 e. The molecule has 84 valence electrons. The zero-order valence-electron chi connectivity index (χ0n) is 9.61. The molecule has 0 saturated heterocycles. The van der Waals surface area contributed by atoms with Gasteiger partial charge in [-0.3, -0.25) is 4.68 Å². The molecular formula is C11H20N4. The van der Waals surface area contributed by atoms with Crippen LogP contribution >= 0.6 is 0 Å². The Bertz CT molecular complexity index is 307. The average molecular weight is 208 g/mol. The molecule has 4 heteroatoms. The van der Waals surface area contributed by atoms with Crippen molar-refractivity contribution in [3.05, 3.63) is 12.2 Å². The lowest BCUT2D eigenvalue weighted by Crippen LogP contribution is -2.32. The molecule has 1 saturated carbocycles. The Morgan fingerprint density at radius 2 is 2.40 bits per heavy atom.